The Morgan fingerprint density at radius 1 is 1.32 bits per heavy atom. The topological polar surface area (TPSA) is 62.3 Å². The van der Waals surface area contributed by atoms with Crippen LogP contribution in [0.1, 0.15) is 25.6 Å². The summed E-state index contributed by atoms with van der Waals surface area (Å²) in [7, 11) is 0. The van der Waals surface area contributed by atoms with E-state index in [0.717, 1.165) is 54.2 Å². The number of unbranched alkanes of at least 4 members (excludes halogenated alkanes) is 1. The van der Waals surface area contributed by atoms with Gasteiger partial charge in [0.15, 0.2) is 11.5 Å². The van der Waals surface area contributed by atoms with Crippen LogP contribution >= 0.6 is 0 Å². The van der Waals surface area contributed by atoms with Crippen molar-refractivity contribution in [1.29, 1.82) is 0 Å². The Labute approximate surface area is 112 Å². The fraction of sp³-hybridized carbons (Fsp3) is 0.500. The first kappa shape index (κ1) is 12.3. The molecule has 0 spiro atoms. The molecule has 5 nitrogen and oxygen atoms in total. The van der Waals surface area contributed by atoms with Crippen LogP contribution in [0.15, 0.2) is 12.1 Å². The number of hydrogen-bond acceptors (Lipinski definition) is 4. The summed E-state index contributed by atoms with van der Waals surface area (Å²) in [6.45, 7) is 3.88. The summed E-state index contributed by atoms with van der Waals surface area (Å²) in [6.07, 6.45) is 3.28. The van der Waals surface area contributed by atoms with Gasteiger partial charge < -0.3 is 19.8 Å². The van der Waals surface area contributed by atoms with Crippen LogP contribution in [0.3, 0.4) is 0 Å². The molecule has 1 aromatic heterocycles. The fourth-order valence-electron chi connectivity index (χ4n) is 2.47. The van der Waals surface area contributed by atoms with Crippen molar-refractivity contribution in [2.75, 3.05) is 13.3 Å². The number of aryl methyl sites for hydroxylation is 1. The Bertz CT molecular complexity index is 592. The number of nitrogens with zero attached hydrogens (tertiary/aromatic N) is 2. The molecular weight excluding hydrogens is 242 g/mol. The molecule has 0 aliphatic carbocycles. The maximum absolute atomic E-state index is 5.72. The Hall–Kier alpha value is -1.75. The lowest BCUT2D eigenvalue weighted by Crippen LogP contribution is -2.12. The molecule has 102 valence electrons. The number of rotatable bonds is 5. The molecule has 0 bridgehead atoms. The number of imidazole rings is 1. The third kappa shape index (κ3) is 2.14. The normalized spacial score (nSPS) is 13.4. The van der Waals surface area contributed by atoms with Crippen LogP contribution in [0, 0.1) is 0 Å². The molecule has 2 N–H and O–H groups in total. The SMILES string of the molecule is CCCCc1nc2cc3c(cc2n1CCN)OCO3. The van der Waals surface area contributed by atoms with Crippen molar-refractivity contribution in [2.24, 2.45) is 5.73 Å². The minimum atomic E-state index is 0.293. The van der Waals surface area contributed by atoms with Crippen molar-refractivity contribution in [2.45, 2.75) is 32.7 Å². The molecule has 0 saturated heterocycles. The van der Waals surface area contributed by atoms with Gasteiger partial charge in [-0.25, -0.2) is 4.98 Å². The van der Waals surface area contributed by atoms with E-state index in [9.17, 15) is 0 Å². The third-order valence-electron chi connectivity index (χ3n) is 3.43. The van der Waals surface area contributed by atoms with Crippen LogP contribution in [-0.4, -0.2) is 22.9 Å². The molecule has 1 aliphatic heterocycles. The van der Waals surface area contributed by atoms with Gasteiger partial charge in [-0.15, -0.1) is 0 Å². The van der Waals surface area contributed by atoms with E-state index >= 15 is 0 Å². The first-order valence-electron chi connectivity index (χ1n) is 6.82. The highest BCUT2D eigenvalue weighted by Crippen LogP contribution is 2.36. The molecule has 5 heteroatoms. The summed E-state index contributed by atoms with van der Waals surface area (Å²) in [5.74, 6) is 2.69. The summed E-state index contributed by atoms with van der Waals surface area (Å²) in [5, 5.41) is 0. The Morgan fingerprint density at radius 2 is 2.11 bits per heavy atom. The molecule has 0 fully saturated rings. The van der Waals surface area contributed by atoms with E-state index in [0.29, 0.717) is 13.3 Å². The van der Waals surface area contributed by atoms with Crippen LogP contribution in [0.5, 0.6) is 11.5 Å². The first-order valence-corrected chi connectivity index (χ1v) is 6.82. The van der Waals surface area contributed by atoms with E-state index in [1.165, 1.54) is 0 Å². The average Bonchev–Trinajstić information content (AvgIpc) is 2.99. The molecule has 19 heavy (non-hydrogen) atoms. The van der Waals surface area contributed by atoms with Crippen LogP contribution in [-0.2, 0) is 13.0 Å². The monoisotopic (exact) mass is 261 g/mol. The zero-order valence-electron chi connectivity index (χ0n) is 11.2. The maximum atomic E-state index is 5.72. The molecule has 0 atom stereocenters. The Morgan fingerprint density at radius 3 is 2.84 bits per heavy atom. The molecule has 1 aliphatic rings. The van der Waals surface area contributed by atoms with Gasteiger partial charge in [0.25, 0.3) is 0 Å². The lowest BCUT2D eigenvalue weighted by Gasteiger charge is -2.07. The van der Waals surface area contributed by atoms with Gasteiger partial charge in [0.2, 0.25) is 6.79 Å². The van der Waals surface area contributed by atoms with E-state index in [2.05, 4.69) is 11.5 Å². The van der Waals surface area contributed by atoms with E-state index in [1.54, 1.807) is 0 Å². The van der Waals surface area contributed by atoms with Crippen LogP contribution in [0.2, 0.25) is 0 Å². The van der Waals surface area contributed by atoms with Gasteiger partial charge in [-0.3, -0.25) is 0 Å². The third-order valence-corrected chi connectivity index (χ3v) is 3.43. The van der Waals surface area contributed by atoms with Crippen LogP contribution < -0.4 is 15.2 Å². The molecule has 0 amide bonds. The smallest absolute Gasteiger partial charge is 0.231 e. The fourth-order valence-corrected chi connectivity index (χ4v) is 2.47. The largest absolute Gasteiger partial charge is 0.454 e. The molecular formula is C14H19N3O2. The van der Waals surface area contributed by atoms with Crippen LogP contribution in [0.4, 0.5) is 0 Å². The number of hydrogen-bond donors (Lipinski definition) is 1. The van der Waals surface area contributed by atoms with Crippen molar-refractivity contribution in [3.05, 3.63) is 18.0 Å². The predicted octanol–water partition coefficient (Wildman–Crippen LogP) is 2.07. The second-order valence-electron chi connectivity index (χ2n) is 4.77. The standard InChI is InChI=1S/C14H19N3O2/c1-2-3-4-14-16-10-7-12-13(19-9-18-12)8-11(10)17(14)6-5-15/h7-8H,2-6,9,15H2,1H3. The van der Waals surface area contributed by atoms with E-state index in [4.69, 9.17) is 20.2 Å². The molecule has 2 aromatic rings. The first-order chi connectivity index (χ1) is 9.33. The molecule has 0 unspecified atom stereocenters. The minimum absolute atomic E-state index is 0.293. The summed E-state index contributed by atoms with van der Waals surface area (Å²) < 4.78 is 13.0. The molecule has 0 radical (unpaired) electrons. The number of nitrogens with two attached hydrogens (primary N) is 1. The summed E-state index contributed by atoms with van der Waals surface area (Å²) >= 11 is 0. The van der Waals surface area contributed by atoms with Gasteiger partial charge in [-0.1, -0.05) is 13.3 Å². The number of fused-ring (bicyclic) bond motifs is 2. The lowest BCUT2D eigenvalue weighted by molar-refractivity contribution is 0.174. The predicted molar refractivity (Wildman–Crippen MR) is 73.5 cm³/mol. The summed E-state index contributed by atoms with van der Waals surface area (Å²) in [6, 6.07) is 3.97. The Balaban J connectivity index is 2.08. The Kier molecular flexibility index (Phi) is 3.29. The van der Waals surface area contributed by atoms with Gasteiger partial charge in [0.05, 0.1) is 11.0 Å². The molecule has 1 aromatic carbocycles. The molecule has 2 heterocycles. The van der Waals surface area contributed by atoms with Gasteiger partial charge in [0.1, 0.15) is 5.82 Å². The zero-order valence-corrected chi connectivity index (χ0v) is 11.2. The number of aromatic nitrogens is 2. The highest BCUT2D eigenvalue weighted by Gasteiger charge is 2.18. The highest BCUT2D eigenvalue weighted by atomic mass is 16.7. The van der Waals surface area contributed by atoms with Crippen LogP contribution in [0.25, 0.3) is 11.0 Å². The van der Waals surface area contributed by atoms with Crippen molar-refractivity contribution < 1.29 is 9.47 Å². The van der Waals surface area contributed by atoms with E-state index in [1.807, 2.05) is 12.1 Å². The lowest BCUT2D eigenvalue weighted by atomic mass is 10.2. The zero-order chi connectivity index (χ0) is 13.2. The maximum Gasteiger partial charge on any atom is 0.231 e. The van der Waals surface area contributed by atoms with Crippen molar-refractivity contribution in [1.82, 2.24) is 9.55 Å². The van der Waals surface area contributed by atoms with E-state index in [-0.39, 0.29) is 0 Å². The van der Waals surface area contributed by atoms with Crippen molar-refractivity contribution in [3.8, 4) is 11.5 Å². The van der Waals surface area contributed by atoms with Crippen molar-refractivity contribution in [3.63, 3.8) is 0 Å². The number of ether oxygens (including phenoxy) is 2. The second-order valence-corrected chi connectivity index (χ2v) is 4.77. The van der Waals surface area contributed by atoms with Crippen molar-refractivity contribution >= 4 is 11.0 Å². The van der Waals surface area contributed by atoms with E-state index < -0.39 is 0 Å². The van der Waals surface area contributed by atoms with Gasteiger partial charge in [-0.2, -0.15) is 0 Å². The van der Waals surface area contributed by atoms with Gasteiger partial charge in [-0.05, 0) is 6.42 Å². The molecule has 3 rings (SSSR count). The number of benzene rings is 1. The average molecular weight is 261 g/mol. The summed E-state index contributed by atoms with van der Waals surface area (Å²) in [4.78, 5) is 4.72. The molecule has 0 saturated carbocycles. The second kappa shape index (κ2) is 5.09. The summed E-state index contributed by atoms with van der Waals surface area (Å²) in [5.41, 5.74) is 7.76. The van der Waals surface area contributed by atoms with Gasteiger partial charge >= 0.3 is 0 Å². The van der Waals surface area contributed by atoms with Gasteiger partial charge in [0, 0.05) is 31.6 Å². The quantitative estimate of drug-likeness (QED) is 0.895. The minimum Gasteiger partial charge on any atom is -0.454 e. The highest BCUT2D eigenvalue weighted by molar-refractivity contribution is 5.81.